The molecule has 26 heavy (non-hydrogen) atoms. The fraction of sp³-hybridized carbons (Fsp3) is 0.471. The summed E-state index contributed by atoms with van der Waals surface area (Å²) >= 11 is 0. The summed E-state index contributed by atoms with van der Waals surface area (Å²) < 4.78 is 60.9. The number of rotatable bonds is 4. The minimum Gasteiger partial charge on any atom is -0.465 e. The van der Waals surface area contributed by atoms with Gasteiger partial charge in [-0.2, -0.15) is 13.2 Å². The number of aromatic nitrogens is 1. The molecule has 9 heteroatoms. The van der Waals surface area contributed by atoms with Crippen LogP contribution >= 0.6 is 0 Å². The molecule has 2 unspecified atom stereocenters. The van der Waals surface area contributed by atoms with Gasteiger partial charge in [-0.15, -0.1) is 0 Å². The third kappa shape index (κ3) is 4.09. The molecule has 2 aromatic rings. The van der Waals surface area contributed by atoms with Crippen LogP contribution in [0.4, 0.5) is 13.2 Å². The van der Waals surface area contributed by atoms with Crippen LogP contribution in [0, 0.1) is 0 Å². The zero-order valence-electron chi connectivity index (χ0n) is 15.1. The molecular weight excluding hydrogens is 369 g/mol. The molecule has 0 aliphatic rings. The van der Waals surface area contributed by atoms with Gasteiger partial charge in [0.1, 0.15) is 6.04 Å². The molecule has 1 aromatic heterocycles. The minimum absolute atomic E-state index is 0.0987. The molecule has 1 N–H and O–H groups in total. The van der Waals surface area contributed by atoms with Crippen molar-refractivity contribution < 1.29 is 26.9 Å². The molecule has 0 radical (unpaired) electrons. The standard InChI is InChI=1S/C17H21F3N2O3S/c1-16(2,3)26(24)21-14(17(18,19)20)12-9-22(4)13-7-6-10(8-11(12)13)15(23)25-5/h6-9,14,21H,1-5H3. The van der Waals surface area contributed by atoms with E-state index in [9.17, 15) is 22.2 Å². The number of nitrogens with zero attached hydrogens (tertiary/aromatic N) is 1. The molecular formula is C17H21F3N2O3S. The van der Waals surface area contributed by atoms with E-state index >= 15 is 0 Å². The van der Waals surface area contributed by atoms with Gasteiger partial charge in [0.2, 0.25) is 0 Å². The van der Waals surface area contributed by atoms with Gasteiger partial charge in [-0.3, -0.25) is 0 Å². The molecule has 0 saturated heterocycles. The summed E-state index contributed by atoms with van der Waals surface area (Å²) in [6.07, 6.45) is -3.34. The van der Waals surface area contributed by atoms with Crippen molar-refractivity contribution in [3.63, 3.8) is 0 Å². The lowest BCUT2D eigenvalue weighted by Crippen LogP contribution is -2.41. The molecule has 0 bridgehead atoms. The topological polar surface area (TPSA) is 60.3 Å². The second-order valence-corrected chi connectivity index (χ2v) is 8.89. The number of alkyl halides is 3. The van der Waals surface area contributed by atoms with Crippen molar-refractivity contribution in [2.24, 2.45) is 7.05 Å². The number of fused-ring (bicyclic) bond motifs is 1. The predicted molar refractivity (Wildman–Crippen MR) is 94.1 cm³/mol. The first-order valence-electron chi connectivity index (χ1n) is 7.78. The maximum Gasteiger partial charge on any atom is 0.408 e. The maximum atomic E-state index is 13.7. The number of aryl methyl sites for hydroxylation is 1. The molecule has 2 rings (SSSR count). The fourth-order valence-corrected chi connectivity index (χ4v) is 3.32. The summed E-state index contributed by atoms with van der Waals surface area (Å²) in [4.78, 5) is 11.7. The Labute approximate surface area is 152 Å². The molecule has 2 atom stereocenters. The van der Waals surface area contributed by atoms with Gasteiger partial charge in [0.25, 0.3) is 0 Å². The first-order chi connectivity index (χ1) is 11.9. The summed E-state index contributed by atoms with van der Waals surface area (Å²) in [7, 11) is 0.874. The zero-order chi connectivity index (χ0) is 19.9. The zero-order valence-corrected chi connectivity index (χ0v) is 15.9. The first kappa shape index (κ1) is 20.4. The molecule has 0 saturated carbocycles. The highest BCUT2D eigenvalue weighted by molar-refractivity contribution is 7.84. The monoisotopic (exact) mass is 390 g/mol. The van der Waals surface area contributed by atoms with E-state index in [1.165, 1.54) is 30.0 Å². The van der Waals surface area contributed by atoms with E-state index in [1.54, 1.807) is 33.9 Å². The van der Waals surface area contributed by atoms with Gasteiger partial charge in [0.05, 0.1) is 28.4 Å². The molecule has 5 nitrogen and oxygen atoms in total. The van der Waals surface area contributed by atoms with E-state index in [-0.39, 0.29) is 16.5 Å². The SMILES string of the molecule is COC(=O)c1ccc2c(c1)c(C(NS(=O)C(C)(C)C)C(F)(F)F)cn2C. The number of halogens is 3. The Balaban J connectivity index is 2.62. The van der Waals surface area contributed by atoms with Gasteiger partial charge >= 0.3 is 12.1 Å². The number of benzene rings is 1. The normalized spacial score (nSPS) is 15.1. The van der Waals surface area contributed by atoms with Gasteiger partial charge in [0, 0.05) is 29.7 Å². The summed E-state index contributed by atoms with van der Waals surface area (Å²) in [5.41, 5.74) is 0.564. The van der Waals surface area contributed by atoms with Gasteiger partial charge in [-0.25, -0.2) is 13.7 Å². The highest BCUT2D eigenvalue weighted by atomic mass is 32.2. The minimum atomic E-state index is -4.67. The molecule has 0 amide bonds. The van der Waals surface area contributed by atoms with E-state index in [2.05, 4.69) is 9.46 Å². The summed E-state index contributed by atoms with van der Waals surface area (Å²) in [6.45, 7) is 4.76. The van der Waals surface area contributed by atoms with E-state index in [1.807, 2.05) is 0 Å². The average Bonchev–Trinajstić information content (AvgIpc) is 2.85. The van der Waals surface area contributed by atoms with Crippen LogP contribution in [0.25, 0.3) is 10.9 Å². The van der Waals surface area contributed by atoms with Crippen molar-refractivity contribution in [2.45, 2.75) is 37.7 Å². The average molecular weight is 390 g/mol. The number of carbonyl (C=O) groups is 1. The van der Waals surface area contributed by atoms with Crippen LogP contribution < -0.4 is 4.72 Å². The van der Waals surface area contributed by atoms with E-state index in [0.29, 0.717) is 5.52 Å². The summed E-state index contributed by atoms with van der Waals surface area (Å²) in [5.74, 6) is -0.642. The first-order valence-corrected chi connectivity index (χ1v) is 8.93. The number of hydrogen-bond acceptors (Lipinski definition) is 3. The van der Waals surface area contributed by atoms with Gasteiger partial charge < -0.3 is 9.30 Å². The van der Waals surface area contributed by atoms with Crippen molar-refractivity contribution in [3.05, 3.63) is 35.5 Å². The van der Waals surface area contributed by atoms with Crippen LogP contribution in [0.1, 0.15) is 42.7 Å². The van der Waals surface area contributed by atoms with Crippen molar-refractivity contribution in [1.29, 1.82) is 0 Å². The Kier molecular flexibility index (Phi) is 5.53. The Morgan fingerprint density at radius 3 is 2.38 bits per heavy atom. The Morgan fingerprint density at radius 1 is 1.27 bits per heavy atom. The Hall–Kier alpha value is -1.87. The second kappa shape index (κ2) is 7.03. The van der Waals surface area contributed by atoms with Gasteiger partial charge in [-0.05, 0) is 39.0 Å². The summed E-state index contributed by atoms with van der Waals surface area (Å²) in [5, 5.41) is 0.246. The number of hydrogen-bond donors (Lipinski definition) is 1. The van der Waals surface area contributed by atoms with Crippen LogP contribution in [0.2, 0.25) is 0 Å². The number of methoxy groups -OCH3 is 1. The van der Waals surface area contributed by atoms with E-state index in [4.69, 9.17) is 0 Å². The quantitative estimate of drug-likeness (QED) is 0.812. The third-order valence-corrected chi connectivity index (χ3v) is 5.42. The molecule has 0 aliphatic carbocycles. The van der Waals surface area contributed by atoms with Crippen molar-refractivity contribution in [3.8, 4) is 0 Å². The smallest absolute Gasteiger partial charge is 0.408 e. The van der Waals surface area contributed by atoms with Crippen LogP contribution in [0.3, 0.4) is 0 Å². The largest absolute Gasteiger partial charge is 0.465 e. The van der Waals surface area contributed by atoms with E-state index < -0.39 is 33.9 Å². The highest BCUT2D eigenvalue weighted by Gasteiger charge is 2.44. The molecule has 144 valence electrons. The lowest BCUT2D eigenvalue weighted by molar-refractivity contribution is -0.152. The fourth-order valence-electron chi connectivity index (χ4n) is 2.49. The molecule has 1 aromatic carbocycles. The lowest BCUT2D eigenvalue weighted by Gasteiger charge is -2.25. The van der Waals surface area contributed by atoms with Crippen LogP contribution in [0.5, 0.6) is 0 Å². The van der Waals surface area contributed by atoms with Crippen LogP contribution in [-0.4, -0.2) is 32.8 Å². The highest BCUT2D eigenvalue weighted by Crippen LogP contribution is 2.38. The predicted octanol–water partition coefficient (Wildman–Crippen LogP) is 3.62. The molecule has 0 fully saturated rings. The summed E-state index contributed by atoms with van der Waals surface area (Å²) in [6, 6.07) is 2.26. The van der Waals surface area contributed by atoms with Crippen molar-refractivity contribution in [2.75, 3.05) is 7.11 Å². The van der Waals surface area contributed by atoms with Crippen molar-refractivity contribution in [1.82, 2.24) is 9.29 Å². The molecule has 0 spiro atoms. The van der Waals surface area contributed by atoms with Crippen LogP contribution in [-0.2, 0) is 22.8 Å². The second-order valence-electron chi connectivity index (χ2n) is 6.89. The maximum absolute atomic E-state index is 13.7. The van der Waals surface area contributed by atoms with E-state index in [0.717, 1.165) is 0 Å². The third-order valence-electron chi connectivity index (χ3n) is 3.86. The van der Waals surface area contributed by atoms with Gasteiger partial charge in [0.15, 0.2) is 0 Å². The lowest BCUT2D eigenvalue weighted by atomic mass is 10.0. The number of esters is 1. The number of carbonyl (C=O) groups excluding carboxylic acids is 1. The molecule has 1 heterocycles. The van der Waals surface area contributed by atoms with Gasteiger partial charge in [-0.1, -0.05) is 0 Å². The number of ether oxygens (including phenoxy) is 1. The molecule has 0 aliphatic heterocycles. The Morgan fingerprint density at radius 2 is 1.88 bits per heavy atom. The number of nitrogens with one attached hydrogen (secondary N) is 1. The van der Waals surface area contributed by atoms with Crippen LogP contribution in [0.15, 0.2) is 24.4 Å². The Bertz CT molecular complexity index is 853. The van der Waals surface area contributed by atoms with Crippen molar-refractivity contribution >= 4 is 27.9 Å².